The van der Waals surface area contributed by atoms with Crippen LogP contribution in [0.1, 0.15) is 20.3 Å². The molecule has 1 atom stereocenters. The molecule has 0 aromatic carbocycles. The van der Waals surface area contributed by atoms with Gasteiger partial charge in [0, 0.05) is 6.92 Å². The lowest BCUT2D eigenvalue weighted by molar-refractivity contribution is -0.267. The van der Waals surface area contributed by atoms with Crippen LogP contribution >= 0.6 is 0 Å². The molecule has 0 heterocycles. The SMILES string of the molecule is CCCOC(C)(O)N(C)C. The van der Waals surface area contributed by atoms with Gasteiger partial charge in [-0.1, -0.05) is 6.92 Å². The number of hydrogen-bond donors (Lipinski definition) is 1. The minimum Gasteiger partial charge on any atom is -0.353 e. The van der Waals surface area contributed by atoms with Crippen molar-refractivity contribution in [1.82, 2.24) is 4.90 Å². The Balaban J connectivity index is 3.63. The summed E-state index contributed by atoms with van der Waals surface area (Å²) >= 11 is 0. The molecule has 0 bridgehead atoms. The van der Waals surface area contributed by atoms with Crippen molar-refractivity contribution in [1.29, 1.82) is 0 Å². The summed E-state index contributed by atoms with van der Waals surface area (Å²) in [6.07, 6.45) is 0.921. The Morgan fingerprint density at radius 2 is 2.00 bits per heavy atom. The van der Waals surface area contributed by atoms with Crippen molar-refractivity contribution in [3.8, 4) is 0 Å². The Kier molecular flexibility index (Phi) is 3.86. The van der Waals surface area contributed by atoms with Gasteiger partial charge in [0.15, 0.2) is 0 Å². The van der Waals surface area contributed by atoms with E-state index in [0.717, 1.165) is 6.42 Å². The first-order valence-electron chi connectivity index (χ1n) is 3.54. The molecule has 0 rings (SSSR count). The average molecular weight is 147 g/mol. The Bertz CT molecular complexity index is 91.6. The zero-order chi connectivity index (χ0) is 8.20. The molecule has 0 aromatic heterocycles. The van der Waals surface area contributed by atoms with Crippen LogP contribution in [0.5, 0.6) is 0 Å². The average Bonchev–Trinajstić information content (AvgIpc) is 1.84. The summed E-state index contributed by atoms with van der Waals surface area (Å²) in [6.45, 7) is 4.22. The van der Waals surface area contributed by atoms with E-state index < -0.39 is 5.91 Å². The van der Waals surface area contributed by atoms with Crippen LogP contribution in [0.15, 0.2) is 0 Å². The van der Waals surface area contributed by atoms with Gasteiger partial charge < -0.3 is 9.84 Å². The largest absolute Gasteiger partial charge is 0.353 e. The van der Waals surface area contributed by atoms with E-state index in [1.165, 1.54) is 0 Å². The summed E-state index contributed by atoms with van der Waals surface area (Å²) in [4.78, 5) is 1.63. The second kappa shape index (κ2) is 3.91. The molecular formula is C7H17NO2. The van der Waals surface area contributed by atoms with Crippen molar-refractivity contribution in [3.05, 3.63) is 0 Å². The number of nitrogens with zero attached hydrogens (tertiary/aromatic N) is 1. The Morgan fingerprint density at radius 1 is 1.50 bits per heavy atom. The minimum atomic E-state index is -1.12. The molecule has 0 aliphatic rings. The van der Waals surface area contributed by atoms with Gasteiger partial charge >= 0.3 is 0 Å². The van der Waals surface area contributed by atoms with Gasteiger partial charge in [0.2, 0.25) is 5.91 Å². The maximum absolute atomic E-state index is 9.43. The standard InChI is InChI=1S/C7H17NO2/c1-5-6-10-7(2,9)8(3)4/h9H,5-6H2,1-4H3. The van der Waals surface area contributed by atoms with Crippen LogP contribution < -0.4 is 0 Å². The van der Waals surface area contributed by atoms with Crippen molar-refractivity contribution < 1.29 is 9.84 Å². The van der Waals surface area contributed by atoms with Gasteiger partial charge in [-0.2, -0.15) is 0 Å². The predicted molar refractivity (Wildman–Crippen MR) is 40.6 cm³/mol. The third-order valence-corrected chi connectivity index (χ3v) is 1.41. The van der Waals surface area contributed by atoms with E-state index >= 15 is 0 Å². The molecule has 0 saturated carbocycles. The highest BCUT2D eigenvalue weighted by Crippen LogP contribution is 2.07. The van der Waals surface area contributed by atoms with Crippen molar-refractivity contribution in [3.63, 3.8) is 0 Å². The summed E-state index contributed by atoms with van der Waals surface area (Å²) in [5.41, 5.74) is 0. The molecule has 0 saturated heterocycles. The molecule has 62 valence electrons. The normalized spacial score (nSPS) is 17.4. The van der Waals surface area contributed by atoms with Crippen LogP contribution in [0.25, 0.3) is 0 Å². The van der Waals surface area contributed by atoms with Gasteiger partial charge in [-0.25, -0.2) is 0 Å². The number of hydrogen-bond acceptors (Lipinski definition) is 3. The summed E-state index contributed by atoms with van der Waals surface area (Å²) < 4.78 is 5.12. The zero-order valence-electron chi connectivity index (χ0n) is 7.22. The smallest absolute Gasteiger partial charge is 0.223 e. The summed E-state index contributed by atoms with van der Waals surface area (Å²) in [5.74, 6) is -1.12. The van der Waals surface area contributed by atoms with Gasteiger partial charge in [-0.3, -0.25) is 4.90 Å². The van der Waals surface area contributed by atoms with Crippen LogP contribution in [-0.4, -0.2) is 36.6 Å². The first-order chi connectivity index (χ1) is 4.50. The zero-order valence-corrected chi connectivity index (χ0v) is 7.22. The van der Waals surface area contributed by atoms with E-state index in [0.29, 0.717) is 6.61 Å². The van der Waals surface area contributed by atoms with Gasteiger partial charge in [0.25, 0.3) is 0 Å². The highest BCUT2D eigenvalue weighted by molar-refractivity contribution is 4.53. The number of ether oxygens (including phenoxy) is 1. The first kappa shape index (κ1) is 9.88. The van der Waals surface area contributed by atoms with E-state index in [9.17, 15) is 5.11 Å². The van der Waals surface area contributed by atoms with Gasteiger partial charge in [-0.05, 0) is 20.5 Å². The molecule has 3 nitrogen and oxygen atoms in total. The minimum absolute atomic E-state index is 0.588. The monoisotopic (exact) mass is 147 g/mol. The fraction of sp³-hybridized carbons (Fsp3) is 1.00. The molecule has 0 fully saturated rings. The Hall–Kier alpha value is -0.120. The van der Waals surface area contributed by atoms with Crippen LogP contribution in [0.2, 0.25) is 0 Å². The van der Waals surface area contributed by atoms with E-state index in [1.807, 2.05) is 6.92 Å². The molecular weight excluding hydrogens is 130 g/mol. The third kappa shape index (κ3) is 3.15. The number of rotatable bonds is 4. The molecule has 0 aromatic rings. The topological polar surface area (TPSA) is 32.7 Å². The highest BCUT2D eigenvalue weighted by Gasteiger charge is 2.22. The molecule has 1 N–H and O–H groups in total. The lowest BCUT2D eigenvalue weighted by Crippen LogP contribution is -2.43. The van der Waals surface area contributed by atoms with Gasteiger partial charge in [0.1, 0.15) is 0 Å². The quantitative estimate of drug-likeness (QED) is 0.592. The predicted octanol–water partition coefficient (Wildman–Crippen LogP) is 0.641. The molecule has 10 heavy (non-hydrogen) atoms. The van der Waals surface area contributed by atoms with Crippen LogP contribution in [0.3, 0.4) is 0 Å². The highest BCUT2D eigenvalue weighted by atomic mass is 16.6. The fourth-order valence-electron chi connectivity index (χ4n) is 0.425. The maximum atomic E-state index is 9.43. The van der Waals surface area contributed by atoms with Crippen LogP contribution in [-0.2, 0) is 4.74 Å². The second-order valence-electron chi connectivity index (χ2n) is 2.68. The maximum Gasteiger partial charge on any atom is 0.223 e. The van der Waals surface area contributed by atoms with Crippen molar-refractivity contribution >= 4 is 0 Å². The lowest BCUT2D eigenvalue weighted by Gasteiger charge is -2.30. The van der Waals surface area contributed by atoms with E-state index in [4.69, 9.17) is 4.74 Å². The molecule has 0 amide bonds. The lowest BCUT2D eigenvalue weighted by atomic mass is 10.5. The molecule has 0 aliphatic heterocycles. The second-order valence-corrected chi connectivity index (χ2v) is 2.68. The van der Waals surface area contributed by atoms with Crippen molar-refractivity contribution in [2.24, 2.45) is 0 Å². The summed E-state index contributed by atoms with van der Waals surface area (Å²) in [7, 11) is 3.55. The molecule has 0 radical (unpaired) electrons. The summed E-state index contributed by atoms with van der Waals surface area (Å²) in [5, 5.41) is 9.43. The first-order valence-corrected chi connectivity index (χ1v) is 3.54. The third-order valence-electron chi connectivity index (χ3n) is 1.41. The Labute approximate surface area is 62.6 Å². The molecule has 0 aliphatic carbocycles. The van der Waals surface area contributed by atoms with Gasteiger partial charge in [0.05, 0.1) is 6.61 Å². The van der Waals surface area contributed by atoms with Crippen LogP contribution in [0.4, 0.5) is 0 Å². The van der Waals surface area contributed by atoms with Crippen molar-refractivity contribution in [2.75, 3.05) is 20.7 Å². The molecule has 1 unspecified atom stereocenters. The van der Waals surface area contributed by atoms with Gasteiger partial charge in [-0.15, -0.1) is 0 Å². The van der Waals surface area contributed by atoms with E-state index in [2.05, 4.69) is 0 Å². The summed E-state index contributed by atoms with van der Waals surface area (Å²) in [6, 6.07) is 0. The number of aliphatic hydroxyl groups is 1. The fourth-order valence-corrected chi connectivity index (χ4v) is 0.425. The molecule has 0 spiro atoms. The Morgan fingerprint density at radius 3 is 2.30 bits per heavy atom. The van der Waals surface area contributed by atoms with Crippen molar-refractivity contribution in [2.45, 2.75) is 26.2 Å². The van der Waals surface area contributed by atoms with E-state index in [1.54, 1.807) is 25.9 Å². The van der Waals surface area contributed by atoms with E-state index in [-0.39, 0.29) is 0 Å². The van der Waals surface area contributed by atoms with Crippen LogP contribution in [0, 0.1) is 0 Å². The molecule has 3 heteroatoms.